The van der Waals surface area contributed by atoms with Crippen LogP contribution in [-0.4, -0.2) is 29.9 Å². The van der Waals surface area contributed by atoms with E-state index < -0.39 is 0 Å². The van der Waals surface area contributed by atoms with Crippen LogP contribution in [0.5, 0.6) is 0 Å². The van der Waals surface area contributed by atoms with E-state index in [4.69, 9.17) is 17.3 Å². The zero-order valence-electron chi connectivity index (χ0n) is 17.1. The minimum Gasteiger partial charge on any atom is -0.342 e. The molecule has 2 fully saturated rings. The number of nitrogens with two attached hydrogens (primary N) is 1. The van der Waals surface area contributed by atoms with Crippen molar-refractivity contribution < 1.29 is 4.79 Å². The van der Waals surface area contributed by atoms with Crippen molar-refractivity contribution in [3.8, 4) is 0 Å². The number of carbonyl (C=O) groups excluding carboxylic acids is 1. The predicted molar refractivity (Wildman–Crippen MR) is 124 cm³/mol. The van der Waals surface area contributed by atoms with Gasteiger partial charge in [-0.3, -0.25) is 4.79 Å². The van der Waals surface area contributed by atoms with E-state index in [9.17, 15) is 4.79 Å². The van der Waals surface area contributed by atoms with Crippen LogP contribution >= 0.6 is 23.4 Å². The lowest BCUT2D eigenvalue weighted by Gasteiger charge is -2.35. The fraction of sp³-hybridized carbons (Fsp3) is 0.400. The van der Waals surface area contributed by atoms with Crippen LogP contribution in [0.4, 0.5) is 0 Å². The minimum absolute atomic E-state index is 0.172. The Hall–Kier alpha value is -1.75. The second-order valence-electron chi connectivity index (χ2n) is 8.65. The van der Waals surface area contributed by atoms with Crippen LogP contribution in [0.25, 0.3) is 5.57 Å². The monoisotopic (exact) mass is 438 g/mol. The number of hydrogen-bond acceptors (Lipinski definition) is 3. The molecule has 0 bridgehead atoms. The first-order chi connectivity index (χ1) is 14.6. The summed E-state index contributed by atoms with van der Waals surface area (Å²) in [6.45, 7) is 1.62. The summed E-state index contributed by atoms with van der Waals surface area (Å²) < 4.78 is 0. The number of amides is 1. The van der Waals surface area contributed by atoms with E-state index >= 15 is 0 Å². The number of likely N-dealkylation sites (tertiary alicyclic amines) is 1. The van der Waals surface area contributed by atoms with Crippen molar-refractivity contribution in [1.82, 2.24) is 4.90 Å². The van der Waals surface area contributed by atoms with Crippen molar-refractivity contribution in [3.63, 3.8) is 0 Å². The standard InChI is InChI=1S/C25H27ClN2OS/c26-18-7-10-23-21(15-18)24(20-3-1-2-4-22(20)30-23)16-11-13-28(14-12-16)25(29)17-5-8-19(27)9-6-17/h1-4,7,10,15,17,19H,5-6,8-9,11-14,27H2/t17-,19-. The van der Waals surface area contributed by atoms with Crippen LogP contribution in [0.3, 0.4) is 0 Å². The van der Waals surface area contributed by atoms with Crippen LogP contribution in [0.15, 0.2) is 57.8 Å². The average Bonchev–Trinajstić information content (AvgIpc) is 2.78. The summed E-state index contributed by atoms with van der Waals surface area (Å²) in [5.41, 5.74) is 11.3. The largest absolute Gasteiger partial charge is 0.342 e. The number of rotatable bonds is 1. The fourth-order valence-electron chi connectivity index (χ4n) is 5.06. The molecule has 156 valence electrons. The maximum atomic E-state index is 13.0. The molecule has 5 rings (SSSR count). The molecular formula is C25H27ClN2OS. The van der Waals surface area contributed by atoms with Crippen molar-refractivity contribution >= 4 is 34.8 Å². The summed E-state index contributed by atoms with van der Waals surface area (Å²) in [4.78, 5) is 17.7. The van der Waals surface area contributed by atoms with Gasteiger partial charge in [-0.2, -0.15) is 0 Å². The first-order valence-corrected chi connectivity index (χ1v) is 12.1. The molecule has 0 spiro atoms. The van der Waals surface area contributed by atoms with Crippen LogP contribution in [0.1, 0.15) is 49.7 Å². The van der Waals surface area contributed by atoms with E-state index in [1.165, 1.54) is 32.1 Å². The van der Waals surface area contributed by atoms with E-state index in [0.717, 1.165) is 56.6 Å². The van der Waals surface area contributed by atoms with E-state index in [-0.39, 0.29) is 12.0 Å². The third-order valence-electron chi connectivity index (χ3n) is 6.74. The molecule has 1 aliphatic carbocycles. The highest BCUT2D eigenvalue weighted by atomic mass is 35.5. The normalized spacial score (nSPS) is 23.7. The fourth-order valence-corrected chi connectivity index (χ4v) is 6.31. The predicted octanol–water partition coefficient (Wildman–Crippen LogP) is 5.75. The Morgan fingerprint density at radius 3 is 2.43 bits per heavy atom. The number of nitrogens with zero attached hydrogens (tertiary/aromatic N) is 1. The van der Waals surface area contributed by atoms with Gasteiger partial charge in [-0.1, -0.05) is 47.1 Å². The average molecular weight is 439 g/mol. The van der Waals surface area contributed by atoms with Gasteiger partial charge >= 0.3 is 0 Å². The second kappa shape index (κ2) is 8.41. The summed E-state index contributed by atoms with van der Waals surface area (Å²) in [7, 11) is 0. The Balaban J connectivity index is 1.41. The topological polar surface area (TPSA) is 46.3 Å². The summed E-state index contributed by atoms with van der Waals surface area (Å²) >= 11 is 8.19. The Morgan fingerprint density at radius 1 is 0.967 bits per heavy atom. The molecule has 1 saturated heterocycles. The van der Waals surface area contributed by atoms with Gasteiger partial charge in [0.15, 0.2) is 0 Å². The third-order valence-corrected chi connectivity index (χ3v) is 8.13. The number of halogens is 1. The molecule has 5 heteroatoms. The van der Waals surface area contributed by atoms with Crippen molar-refractivity contribution in [3.05, 3.63) is 64.2 Å². The van der Waals surface area contributed by atoms with Gasteiger partial charge in [0.05, 0.1) is 0 Å². The Labute approximate surface area is 187 Å². The molecule has 3 nitrogen and oxygen atoms in total. The third kappa shape index (κ3) is 3.81. The van der Waals surface area contributed by atoms with Crippen LogP contribution in [-0.2, 0) is 4.79 Å². The number of hydrogen-bond donors (Lipinski definition) is 1. The number of benzene rings is 2. The van der Waals surface area contributed by atoms with Gasteiger partial charge in [0, 0.05) is 39.9 Å². The zero-order chi connectivity index (χ0) is 20.7. The Morgan fingerprint density at radius 2 is 1.67 bits per heavy atom. The number of fused-ring (bicyclic) bond motifs is 2. The van der Waals surface area contributed by atoms with E-state index in [1.807, 2.05) is 17.8 Å². The Kier molecular flexibility index (Phi) is 5.65. The summed E-state index contributed by atoms with van der Waals surface area (Å²) in [5, 5.41) is 0.773. The molecule has 2 aromatic carbocycles. The summed E-state index contributed by atoms with van der Waals surface area (Å²) in [6.07, 6.45) is 5.70. The Bertz CT molecular complexity index is 1000. The second-order valence-corrected chi connectivity index (χ2v) is 10.2. The number of carbonyl (C=O) groups is 1. The first-order valence-electron chi connectivity index (χ1n) is 10.9. The van der Waals surface area contributed by atoms with Gasteiger partial charge in [-0.25, -0.2) is 0 Å². The van der Waals surface area contributed by atoms with Gasteiger partial charge in [0.1, 0.15) is 0 Å². The molecule has 30 heavy (non-hydrogen) atoms. The van der Waals surface area contributed by atoms with Gasteiger partial charge in [0.25, 0.3) is 0 Å². The van der Waals surface area contributed by atoms with Gasteiger partial charge in [0.2, 0.25) is 5.91 Å². The maximum absolute atomic E-state index is 13.0. The highest BCUT2D eigenvalue weighted by molar-refractivity contribution is 7.99. The molecule has 0 unspecified atom stereocenters. The van der Waals surface area contributed by atoms with E-state index in [0.29, 0.717) is 5.91 Å². The molecule has 3 aliphatic rings. The van der Waals surface area contributed by atoms with Gasteiger partial charge < -0.3 is 10.6 Å². The van der Waals surface area contributed by atoms with Gasteiger partial charge in [-0.05, 0) is 79.5 Å². The van der Waals surface area contributed by atoms with E-state index in [1.54, 1.807) is 0 Å². The quantitative estimate of drug-likeness (QED) is 0.526. The lowest BCUT2D eigenvalue weighted by molar-refractivity contribution is -0.137. The van der Waals surface area contributed by atoms with Crippen molar-refractivity contribution in [2.45, 2.75) is 54.4 Å². The lowest BCUT2D eigenvalue weighted by Crippen LogP contribution is -2.42. The smallest absolute Gasteiger partial charge is 0.225 e. The number of piperidine rings is 1. The molecule has 2 aromatic rings. The SMILES string of the molecule is N[C@H]1CC[C@H](C(=O)N2CCC(=C3c4ccccc4Sc4ccc(Cl)cc43)CC2)CC1. The minimum atomic E-state index is 0.172. The first kappa shape index (κ1) is 20.2. The van der Waals surface area contributed by atoms with Crippen molar-refractivity contribution in [2.75, 3.05) is 13.1 Å². The summed E-state index contributed by atoms with van der Waals surface area (Å²) in [5.74, 6) is 0.513. The van der Waals surface area contributed by atoms with Crippen LogP contribution in [0.2, 0.25) is 5.02 Å². The molecule has 1 saturated carbocycles. The van der Waals surface area contributed by atoms with Gasteiger partial charge in [-0.15, -0.1) is 0 Å². The maximum Gasteiger partial charge on any atom is 0.225 e. The van der Waals surface area contributed by atoms with Crippen molar-refractivity contribution in [1.29, 1.82) is 0 Å². The highest BCUT2D eigenvalue weighted by Gasteiger charge is 2.31. The van der Waals surface area contributed by atoms with E-state index in [2.05, 4.69) is 41.3 Å². The lowest BCUT2D eigenvalue weighted by atomic mass is 9.84. The highest BCUT2D eigenvalue weighted by Crippen LogP contribution is 2.48. The molecule has 2 N–H and O–H groups in total. The molecule has 2 aliphatic heterocycles. The zero-order valence-corrected chi connectivity index (χ0v) is 18.6. The van der Waals surface area contributed by atoms with Crippen LogP contribution in [0, 0.1) is 5.92 Å². The molecule has 2 heterocycles. The summed E-state index contributed by atoms with van der Waals surface area (Å²) in [6, 6.07) is 15.1. The molecule has 0 radical (unpaired) electrons. The molecule has 0 atom stereocenters. The molecular weight excluding hydrogens is 412 g/mol. The van der Waals surface area contributed by atoms with Crippen molar-refractivity contribution in [2.24, 2.45) is 11.7 Å². The molecule has 0 aromatic heterocycles. The molecule has 1 amide bonds. The van der Waals surface area contributed by atoms with Crippen LogP contribution < -0.4 is 5.73 Å².